The number of aromatic nitrogens is 1. The first-order valence-corrected chi connectivity index (χ1v) is 12.6. The van der Waals surface area contributed by atoms with Gasteiger partial charge in [0.1, 0.15) is 0 Å². The fourth-order valence-corrected chi connectivity index (χ4v) is 4.48. The fourth-order valence-electron chi connectivity index (χ4n) is 4.48. The number of fused-ring (bicyclic) bond motifs is 3. The maximum absolute atomic E-state index is 9.62. The standard InChI is InChI=1S/C42H30N2/c1-4-14-32(15-5-1)37-20-10-12-22-40(37)43(34-16-6-2-7-17-34)36-27-24-31(25-28-36)33-26-29-42-39(30-33)38-21-11-13-23-41(38)44(42)35-18-8-3-9-19-35/h1-30H/i1D,2D,3D,4D,5D,6D,7D,8D,9D,10D,11D,12D,13D,14D,15D,16D,17D,18D,19D,20D,21D,22D,23D,24D,25D,26D,27D,28D,29D,30D. The number of para-hydroxylation sites is 4. The van der Waals surface area contributed by atoms with E-state index in [4.69, 9.17) is 30.2 Å². The van der Waals surface area contributed by atoms with E-state index in [9.17, 15) is 11.0 Å². The minimum Gasteiger partial charge on any atom is -0.310 e. The van der Waals surface area contributed by atoms with Crippen LogP contribution in [0.15, 0.2) is 181 Å². The summed E-state index contributed by atoms with van der Waals surface area (Å²) >= 11 is 0. The van der Waals surface area contributed by atoms with Gasteiger partial charge in [0.15, 0.2) is 0 Å². The Labute approximate surface area is 299 Å². The molecule has 0 aliphatic carbocycles. The van der Waals surface area contributed by atoms with Gasteiger partial charge in [-0.3, -0.25) is 0 Å². The van der Waals surface area contributed by atoms with Crippen molar-refractivity contribution in [2.24, 2.45) is 0 Å². The van der Waals surface area contributed by atoms with Crippen molar-refractivity contribution in [3.8, 4) is 27.9 Å². The Bertz CT molecular complexity index is 3800. The Morgan fingerprint density at radius 1 is 0.409 bits per heavy atom. The molecular weight excluding hydrogens is 532 g/mol. The monoisotopic (exact) mass is 592 g/mol. The normalized spacial score (nSPS) is 20.7. The number of nitrogens with zero attached hydrogens (tertiary/aromatic N) is 2. The molecule has 0 fully saturated rings. The predicted molar refractivity (Wildman–Crippen MR) is 186 cm³/mol. The summed E-state index contributed by atoms with van der Waals surface area (Å²) in [6.45, 7) is 0. The first kappa shape index (κ1) is 9.32. The zero-order valence-corrected chi connectivity index (χ0v) is 21.9. The van der Waals surface area contributed by atoms with Gasteiger partial charge in [-0.2, -0.15) is 0 Å². The average Bonchev–Trinajstić information content (AvgIpc) is 3.72. The van der Waals surface area contributed by atoms with Gasteiger partial charge in [-0.05, 0) is 77.1 Å². The summed E-state index contributed by atoms with van der Waals surface area (Å²) in [7, 11) is 0. The van der Waals surface area contributed by atoms with Gasteiger partial charge in [0.05, 0.1) is 57.8 Å². The third-order valence-electron chi connectivity index (χ3n) is 6.31. The lowest BCUT2D eigenvalue weighted by Gasteiger charge is -2.28. The van der Waals surface area contributed by atoms with Crippen molar-refractivity contribution in [2.45, 2.75) is 0 Å². The van der Waals surface area contributed by atoms with Crippen molar-refractivity contribution in [3.63, 3.8) is 0 Å². The van der Waals surface area contributed by atoms with Crippen LogP contribution in [0.1, 0.15) is 41.1 Å². The second kappa shape index (κ2) is 11.1. The molecule has 1 heterocycles. The molecule has 2 heteroatoms. The highest BCUT2D eigenvalue weighted by atomic mass is 15.1. The van der Waals surface area contributed by atoms with Gasteiger partial charge in [0.25, 0.3) is 0 Å². The number of hydrogen-bond donors (Lipinski definition) is 0. The minimum atomic E-state index is -1.30. The molecular formula is C42H30N2. The Morgan fingerprint density at radius 3 is 1.75 bits per heavy atom. The lowest BCUT2D eigenvalue weighted by molar-refractivity contribution is 1.18. The minimum absolute atomic E-state index is 0.324. The van der Waals surface area contributed by atoms with E-state index in [2.05, 4.69) is 0 Å². The molecule has 0 spiro atoms. The van der Waals surface area contributed by atoms with Crippen LogP contribution in [0, 0.1) is 0 Å². The third-order valence-corrected chi connectivity index (χ3v) is 6.31. The zero-order chi connectivity index (χ0) is 55.4. The van der Waals surface area contributed by atoms with Gasteiger partial charge in [0, 0.05) is 33.4 Å². The topological polar surface area (TPSA) is 8.17 Å². The van der Waals surface area contributed by atoms with Crippen molar-refractivity contribution in [1.29, 1.82) is 0 Å². The van der Waals surface area contributed by atoms with Crippen LogP contribution < -0.4 is 4.90 Å². The largest absolute Gasteiger partial charge is 0.310 e. The second-order valence-electron chi connectivity index (χ2n) is 8.76. The lowest BCUT2D eigenvalue weighted by atomic mass is 10.0. The van der Waals surface area contributed by atoms with Crippen LogP contribution in [0.25, 0.3) is 49.7 Å². The van der Waals surface area contributed by atoms with E-state index >= 15 is 0 Å². The van der Waals surface area contributed by atoms with E-state index in [0.29, 0.717) is 9.47 Å². The van der Waals surface area contributed by atoms with Gasteiger partial charge in [0.2, 0.25) is 0 Å². The number of benzene rings is 7. The Balaban J connectivity index is 1.59. The first-order valence-electron chi connectivity index (χ1n) is 27.6. The Morgan fingerprint density at radius 2 is 0.977 bits per heavy atom. The lowest BCUT2D eigenvalue weighted by Crippen LogP contribution is -2.11. The predicted octanol–water partition coefficient (Wildman–Crippen LogP) is 11.6. The van der Waals surface area contributed by atoms with Crippen LogP contribution in [0.3, 0.4) is 0 Å². The van der Waals surface area contributed by atoms with Gasteiger partial charge < -0.3 is 9.47 Å². The molecule has 44 heavy (non-hydrogen) atoms. The summed E-state index contributed by atoms with van der Waals surface area (Å²) in [5, 5.41) is -1.25. The fraction of sp³-hybridized carbons (Fsp3) is 0. The molecule has 0 amide bonds. The van der Waals surface area contributed by atoms with Gasteiger partial charge in [-0.25, -0.2) is 0 Å². The highest BCUT2D eigenvalue weighted by Gasteiger charge is 2.17. The van der Waals surface area contributed by atoms with E-state index in [-0.39, 0.29) is 0 Å². The summed E-state index contributed by atoms with van der Waals surface area (Å²) in [4.78, 5) is 0.324. The molecule has 0 N–H and O–H groups in total. The summed E-state index contributed by atoms with van der Waals surface area (Å²) in [5.41, 5.74) is -9.28. The smallest absolute Gasteiger partial charge is 0.0645 e. The van der Waals surface area contributed by atoms with Crippen molar-refractivity contribution in [2.75, 3.05) is 4.90 Å². The Hall–Kier alpha value is -5.86. The first-order chi connectivity index (χ1) is 34.3. The molecule has 7 aromatic carbocycles. The summed E-state index contributed by atoms with van der Waals surface area (Å²) < 4.78 is 266. The van der Waals surface area contributed by atoms with Gasteiger partial charge >= 0.3 is 0 Å². The molecule has 0 saturated carbocycles. The number of anilines is 3. The average molecular weight is 593 g/mol. The molecule has 0 aliphatic heterocycles. The molecule has 0 radical (unpaired) electrons. The van der Waals surface area contributed by atoms with E-state index in [0.717, 1.165) is 0 Å². The van der Waals surface area contributed by atoms with Crippen LogP contribution >= 0.6 is 0 Å². The summed E-state index contributed by atoms with van der Waals surface area (Å²) in [6.07, 6.45) is 0. The summed E-state index contributed by atoms with van der Waals surface area (Å²) in [6, 6.07) is -31.6. The van der Waals surface area contributed by atoms with E-state index < -0.39 is 248 Å². The van der Waals surface area contributed by atoms with Crippen molar-refractivity contribution in [3.05, 3.63) is 181 Å². The van der Waals surface area contributed by atoms with Crippen LogP contribution in [-0.2, 0) is 0 Å². The maximum atomic E-state index is 9.62. The zero-order valence-electron chi connectivity index (χ0n) is 51.9. The van der Waals surface area contributed by atoms with Crippen molar-refractivity contribution >= 4 is 38.9 Å². The molecule has 1 aromatic heterocycles. The quantitative estimate of drug-likeness (QED) is 0.186. The second-order valence-corrected chi connectivity index (χ2v) is 8.76. The van der Waals surface area contributed by atoms with Crippen molar-refractivity contribution < 1.29 is 41.1 Å². The third kappa shape index (κ3) is 4.54. The van der Waals surface area contributed by atoms with E-state index in [1.807, 2.05) is 0 Å². The Kier molecular flexibility index (Phi) is 2.35. The maximum Gasteiger partial charge on any atom is 0.0645 e. The molecule has 2 nitrogen and oxygen atoms in total. The van der Waals surface area contributed by atoms with Crippen LogP contribution in [0.2, 0.25) is 0 Å². The molecule has 0 unspecified atom stereocenters. The molecule has 0 aliphatic rings. The number of rotatable bonds is 6. The number of hydrogen-bond acceptors (Lipinski definition) is 1. The van der Waals surface area contributed by atoms with Crippen LogP contribution in [0.5, 0.6) is 0 Å². The molecule has 8 rings (SSSR count). The molecule has 208 valence electrons. The van der Waals surface area contributed by atoms with E-state index in [1.54, 1.807) is 0 Å². The van der Waals surface area contributed by atoms with Crippen molar-refractivity contribution in [1.82, 2.24) is 4.57 Å². The van der Waals surface area contributed by atoms with Crippen LogP contribution in [0.4, 0.5) is 17.1 Å². The highest BCUT2D eigenvalue weighted by molar-refractivity contribution is 6.10. The van der Waals surface area contributed by atoms with Gasteiger partial charge in [-0.1, -0.05) is 121 Å². The summed E-state index contributed by atoms with van der Waals surface area (Å²) in [5.74, 6) is 0. The van der Waals surface area contributed by atoms with E-state index in [1.165, 1.54) is 0 Å². The van der Waals surface area contributed by atoms with Gasteiger partial charge in [-0.15, -0.1) is 0 Å². The molecule has 0 saturated heterocycles. The highest BCUT2D eigenvalue weighted by Crippen LogP contribution is 2.41. The molecule has 0 atom stereocenters. The van der Waals surface area contributed by atoms with Crippen LogP contribution in [-0.4, -0.2) is 4.57 Å². The SMILES string of the molecule is [2H]c1c([2H])c([2H])c(-c2c([2H])c([2H])c([2H])c([2H])c2N(c2c([2H])c([2H])c([2H])c([2H])c2[2H])c2c([2H])c([2H])c(-c3c([2H])c([2H])c4c(c3[2H])c3c([2H])c([2H])c([2H])c([2H])c3n4-c3c([2H])c([2H])c([2H])c([2H])c3[2H])c([2H])c2[2H])c([2H])c1[2H]. The molecule has 0 bridgehead atoms. The molecule has 8 aromatic rings.